The fraction of sp³-hybridized carbons (Fsp3) is 0.750. The lowest BCUT2D eigenvalue weighted by Crippen LogP contribution is -2.53. The summed E-state index contributed by atoms with van der Waals surface area (Å²) in [6.07, 6.45) is -2.00. The van der Waals surface area contributed by atoms with Crippen LogP contribution in [0.4, 0.5) is 18.9 Å². The Hall–Kier alpha value is -1.68. The zero-order valence-electron chi connectivity index (χ0n) is 25.7. The highest BCUT2D eigenvalue weighted by Gasteiger charge is 2.41. The number of alkyl halides is 3. The van der Waals surface area contributed by atoms with Crippen molar-refractivity contribution in [2.24, 2.45) is 0 Å². The van der Waals surface area contributed by atoms with E-state index >= 15 is 0 Å². The maximum absolute atomic E-state index is 13.7. The quantitative estimate of drug-likeness (QED) is 0.353. The molecule has 15 heteroatoms. The van der Waals surface area contributed by atoms with Gasteiger partial charge in [0, 0.05) is 57.5 Å². The monoisotopic (exact) mass is 659 g/mol. The van der Waals surface area contributed by atoms with Gasteiger partial charge in [-0.15, -0.1) is 0 Å². The van der Waals surface area contributed by atoms with Crippen molar-refractivity contribution in [1.29, 1.82) is 0 Å². The summed E-state index contributed by atoms with van der Waals surface area (Å²) in [5.41, 5.74) is -0.118. The summed E-state index contributed by atoms with van der Waals surface area (Å²) in [6, 6.07) is 5.37. The van der Waals surface area contributed by atoms with Gasteiger partial charge in [-0.05, 0) is 71.6 Å². The van der Waals surface area contributed by atoms with Crippen LogP contribution in [0.2, 0.25) is 5.02 Å². The Balaban J connectivity index is 0.000000821. The van der Waals surface area contributed by atoms with E-state index < -0.39 is 33.4 Å². The number of piperidine rings is 1. The van der Waals surface area contributed by atoms with Crippen LogP contribution in [-0.4, -0.2) is 107 Å². The maximum atomic E-state index is 13.7. The van der Waals surface area contributed by atoms with Crippen LogP contribution >= 0.6 is 11.6 Å². The number of methoxy groups -OCH3 is 2. The van der Waals surface area contributed by atoms with Gasteiger partial charge in [-0.3, -0.25) is 4.90 Å². The van der Waals surface area contributed by atoms with Gasteiger partial charge in [-0.25, -0.2) is 17.9 Å². The number of halogens is 4. The van der Waals surface area contributed by atoms with Gasteiger partial charge in [0.2, 0.25) is 10.0 Å². The highest BCUT2D eigenvalue weighted by Crippen LogP contribution is 2.37. The number of anilines is 1. The van der Waals surface area contributed by atoms with E-state index in [1.54, 1.807) is 26.4 Å². The molecule has 0 saturated carbocycles. The molecule has 2 fully saturated rings. The number of nitrogens with one attached hydrogen (secondary N) is 1. The molecule has 0 spiro atoms. The predicted octanol–water partition coefficient (Wildman–Crippen LogP) is 4.55. The Morgan fingerprint density at radius 2 is 1.58 bits per heavy atom. The van der Waals surface area contributed by atoms with Gasteiger partial charge in [0.15, 0.2) is 0 Å². The van der Waals surface area contributed by atoms with E-state index in [-0.39, 0.29) is 10.9 Å². The lowest BCUT2D eigenvalue weighted by Gasteiger charge is -2.45. The van der Waals surface area contributed by atoms with E-state index in [4.69, 9.17) is 35.7 Å². The Morgan fingerprint density at radius 1 is 1.09 bits per heavy atom. The predicted molar refractivity (Wildman–Crippen MR) is 158 cm³/mol. The van der Waals surface area contributed by atoms with Gasteiger partial charge in [-0.2, -0.15) is 13.2 Å². The van der Waals surface area contributed by atoms with Crippen LogP contribution in [0, 0.1) is 0 Å². The fourth-order valence-electron chi connectivity index (χ4n) is 5.79. The van der Waals surface area contributed by atoms with Crippen molar-refractivity contribution < 1.29 is 45.7 Å². The third-order valence-electron chi connectivity index (χ3n) is 7.29. The molecule has 2 heterocycles. The first-order valence-electron chi connectivity index (χ1n) is 14.1. The summed E-state index contributed by atoms with van der Waals surface area (Å²) >= 11 is 6.30. The minimum Gasteiger partial charge on any atom is -0.475 e. The number of hydrogen-bond acceptors (Lipinski definition) is 8. The second kappa shape index (κ2) is 15.5. The third kappa shape index (κ3) is 12.0. The van der Waals surface area contributed by atoms with Crippen molar-refractivity contribution in [1.82, 2.24) is 9.62 Å². The highest BCUT2D eigenvalue weighted by atomic mass is 35.5. The van der Waals surface area contributed by atoms with E-state index in [1.807, 2.05) is 33.8 Å². The molecule has 0 amide bonds. The summed E-state index contributed by atoms with van der Waals surface area (Å²) in [6.45, 7) is 12.6. The van der Waals surface area contributed by atoms with Crippen molar-refractivity contribution in [2.75, 3.05) is 58.5 Å². The second-order valence-corrected chi connectivity index (χ2v) is 14.1. The van der Waals surface area contributed by atoms with Crippen LogP contribution in [0.1, 0.15) is 53.4 Å². The number of nitrogens with zero attached hydrogens (tertiary/aromatic N) is 2. The zero-order chi connectivity index (χ0) is 32.6. The van der Waals surface area contributed by atoms with E-state index in [9.17, 15) is 21.6 Å². The van der Waals surface area contributed by atoms with Crippen molar-refractivity contribution in [3.05, 3.63) is 23.2 Å². The number of rotatable bonds is 11. The van der Waals surface area contributed by atoms with E-state index in [0.717, 1.165) is 39.0 Å². The van der Waals surface area contributed by atoms with Crippen LogP contribution in [0.3, 0.4) is 0 Å². The number of hydrogen-bond donors (Lipinski definition) is 2. The first-order chi connectivity index (χ1) is 19.8. The molecule has 2 saturated heterocycles. The third-order valence-corrected chi connectivity index (χ3v) is 9.08. The van der Waals surface area contributed by atoms with Crippen LogP contribution in [-0.2, 0) is 29.0 Å². The molecule has 43 heavy (non-hydrogen) atoms. The normalized spacial score (nSPS) is 19.7. The highest BCUT2D eigenvalue weighted by molar-refractivity contribution is 7.89. The van der Waals surface area contributed by atoms with Crippen molar-refractivity contribution in [3.8, 4) is 0 Å². The summed E-state index contributed by atoms with van der Waals surface area (Å²) in [7, 11) is -0.355. The molecule has 1 aromatic carbocycles. The first-order valence-corrected chi connectivity index (χ1v) is 16.0. The molecule has 0 unspecified atom stereocenters. The number of benzene rings is 1. The average molecular weight is 660 g/mol. The molecule has 3 rings (SSSR count). The lowest BCUT2D eigenvalue weighted by molar-refractivity contribution is -0.192. The maximum Gasteiger partial charge on any atom is 0.490 e. The molecule has 2 aliphatic rings. The van der Waals surface area contributed by atoms with Crippen LogP contribution in [0.15, 0.2) is 23.1 Å². The summed E-state index contributed by atoms with van der Waals surface area (Å²) < 4.78 is 78.8. The molecular weight excluding hydrogens is 615 g/mol. The molecule has 2 aliphatic heterocycles. The van der Waals surface area contributed by atoms with Gasteiger partial charge >= 0.3 is 12.1 Å². The summed E-state index contributed by atoms with van der Waals surface area (Å²) in [4.78, 5) is 13.7. The lowest BCUT2D eigenvalue weighted by atomic mass is 9.86. The minimum atomic E-state index is -5.08. The second-order valence-electron chi connectivity index (χ2n) is 12.0. The topological polar surface area (TPSA) is 118 Å². The van der Waals surface area contributed by atoms with Gasteiger partial charge in [0.25, 0.3) is 0 Å². The molecule has 0 aliphatic carbocycles. The molecule has 248 valence electrons. The number of carboxylic acids is 1. The molecule has 0 aromatic heterocycles. The molecule has 2 N–H and O–H groups in total. The number of aliphatic carboxylic acids is 1. The van der Waals surface area contributed by atoms with E-state index in [1.165, 1.54) is 0 Å². The first kappa shape index (κ1) is 37.5. The number of carbonyl (C=O) groups is 1. The molecule has 1 aromatic rings. The molecule has 0 bridgehead atoms. The van der Waals surface area contributed by atoms with Crippen molar-refractivity contribution >= 4 is 33.3 Å². The largest absolute Gasteiger partial charge is 0.490 e. The Labute approximate surface area is 257 Å². The average Bonchev–Trinajstić information content (AvgIpc) is 2.86. The molecular formula is C28H45ClF3N3O7S. The standard InChI is InChI=1S/C26H44ClN3O5S.C2HF3O2/c1-25(2)18-21(19-26(3,4)35-25)28-36(31,32)24-17-20(27)7-8-23(24)30-11-9-22(10-12-30)29(13-15-33-5)14-16-34-6;3-2(4,5)1(6)7/h7-8,17,21-22,28H,9-16,18-19H2,1-6H3;(H,6,7). The van der Waals surface area contributed by atoms with Gasteiger partial charge < -0.3 is 24.2 Å². The summed E-state index contributed by atoms with van der Waals surface area (Å²) in [5, 5.41) is 7.53. The SMILES string of the molecule is COCCN(CCOC)C1CCN(c2ccc(Cl)cc2S(=O)(=O)NC2CC(C)(C)OC(C)(C)C2)CC1.O=C(O)C(F)(F)F. The van der Waals surface area contributed by atoms with Crippen LogP contribution in [0.5, 0.6) is 0 Å². The number of carboxylic acid groups (broad SMARTS) is 1. The van der Waals surface area contributed by atoms with Gasteiger partial charge in [0.1, 0.15) is 4.90 Å². The molecule has 0 radical (unpaired) electrons. The Bertz CT molecular complexity index is 1140. The zero-order valence-corrected chi connectivity index (χ0v) is 27.2. The number of sulfonamides is 1. The molecule has 10 nitrogen and oxygen atoms in total. The Morgan fingerprint density at radius 3 is 2.02 bits per heavy atom. The van der Waals surface area contributed by atoms with Crippen molar-refractivity contribution in [2.45, 2.75) is 87.7 Å². The smallest absolute Gasteiger partial charge is 0.475 e. The summed E-state index contributed by atoms with van der Waals surface area (Å²) in [5.74, 6) is -2.76. The van der Waals surface area contributed by atoms with Gasteiger partial charge in [-0.1, -0.05) is 11.6 Å². The molecule has 0 atom stereocenters. The van der Waals surface area contributed by atoms with Crippen LogP contribution in [0.25, 0.3) is 0 Å². The van der Waals surface area contributed by atoms with Crippen LogP contribution < -0.4 is 9.62 Å². The minimum absolute atomic E-state index is 0.221. The Kier molecular flexibility index (Phi) is 13.6. The fourth-order valence-corrected chi connectivity index (χ4v) is 7.51. The van der Waals surface area contributed by atoms with Gasteiger partial charge in [0.05, 0.1) is 30.1 Å². The van der Waals surface area contributed by atoms with E-state index in [2.05, 4.69) is 14.5 Å². The van der Waals surface area contributed by atoms with E-state index in [0.29, 0.717) is 42.8 Å². The number of ether oxygens (including phenoxy) is 3. The van der Waals surface area contributed by atoms with Crippen molar-refractivity contribution in [3.63, 3.8) is 0 Å².